The number of hydrogen-bond acceptors (Lipinski definition) is 2. The second-order valence-corrected chi connectivity index (χ2v) is 3.63. The van der Waals surface area contributed by atoms with E-state index in [9.17, 15) is 13.6 Å². The minimum absolute atomic E-state index is 0.0927. The van der Waals surface area contributed by atoms with Gasteiger partial charge in [0.05, 0.1) is 18.6 Å². The van der Waals surface area contributed by atoms with Gasteiger partial charge < -0.3 is 4.74 Å². The summed E-state index contributed by atoms with van der Waals surface area (Å²) < 4.78 is 29.9. The molecule has 1 saturated carbocycles. The van der Waals surface area contributed by atoms with Gasteiger partial charge in [0.25, 0.3) is 5.92 Å². The van der Waals surface area contributed by atoms with E-state index in [1.165, 1.54) is 19.2 Å². The highest BCUT2D eigenvalue weighted by molar-refractivity contribution is 5.89. The predicted octanol–water partition coefficient (Wildman–Crippen LogP) is 2.60. The quantitative estimate of drug-likeness (QED) is 0.704. The van der Waals surface area contributed by atoms with Crippen LogP contribution in [0.1, 0.15) is 28.3 Å². The van der Waals surface area contributed by atoms with E-state index in [0.29, 0.717) is 11.1 Å². The molecule has 80 valence electrons. The van der Waals surface area contributed by atoms with Crippen molar-refractivity contribution in [1.29, 1.82) is 0 Å². The van der Waals surface area contributed by atoms with E-state index in [0.717, 1.165) is 0 Å². The van der Waals surface area contributed by atoms with E-state index in [2.05, 4.69) is 4.74 Å². The lowest BCUT2D eigenvalue weighted by Crippen LogP contribution is -2.01. The third kappa shape index (κ3) is 1.84. The summed E-state index contributed by atoms with van der Waals surface area (Å²) in [4.78, 5) is 11.1. The van der Waals surface area contributed by atoms with Gasteiger partial charge in [-0.05, 0) is 17.7 Å². The van der Waals surface area contributed by atoms with E-state index in [-0.39, 0.29) is 6.42 Å². The van der Waals surface area contributed by atoms with Crippen molar-refractivity contribution < 1.29 is 18.3 Å². The SMILES string of the molecule is COC(=O)c1ccc(C2CC2(F)F)cc1. The fourth-order valence-electron chi connectivity index (χ4n) is 1.54. The second-order valence-electron chi connectivity index (χ2n) is 3.63. The Morgan fingerprint density at radius 3 is 2.33 bits per heavy atom. The number of alkyl halides is 2. The summed E-state index contributed by atoms with van der Waals surface area (Å²) in [5.41, 5.74) is 0.956. The first-order valence-electron chi connectivity index (χ1n) is 4.60. The number of carbonyl (C=O) groups is 1. The lowest BCUT2D eigenvalue weighted by molar-refractivity contribution is 0.0600. The monoisotopic (exact) mass is 212 g/mol. The van der Waals surface area contributed by atoms with Crippen molar-refractivity contribution in [2.75, 3.05) is 7.11 Å². The summed E-state index contributed by atoms with van der Waals surface area (Å²) in [6.45, 7) is 0. The van der Waals surface area contributed by atoms with Gasteiger partial charge in [-0.1, -0.05) is 12.1 Å². The third-order valence-electron chi connectivity index (χ3n) is 2.56. The normalized spacial score (nSPS) is 22.2. The van der Waals surface area contributed by atoms with Crippen molar-refractivity contribution >= 4 is 5.97 Å². The Hall–Kier alpha value is -1.45. The van der Waals surface area contributed by atoms with Crippen molar-refractivity contribution in [2.45, 2.75) is 18.3 Å². The Morgan fingerprint density at radius 1 is 1.40 bits per heavy atom. The molecule has 1 aliphatic carbocycles. The van der Waals surface area contributed by atoms with Crippen LogP contribution in [0.15, 0.2) is 24.3 Å². The van der Waals surface area contributed by atoms with Gasteiger partial charge in [-0.2, -0.15) is 0 Å². The largest absolute Gasteiger partial charge is 0.465 e. The molecule has 2 rings (SSSR count). The zero-order valence-electron chi connectivity index (χ0n) is 8.17. The Labute approximate surface area is 85.9 Å². The zero-order valence-corrected chi connectivity index (χ0v) is 8.17. The lowest BCUT2D eigenvalue weighted by atomic mass is 10.1. The lowest BCUT2D eigenvalue weighted by Gasteiger charge is -2.01. The van der Waals surface area contributed by atoms with Crippen LogP contribution in [0.4, 0.5) is 8.78 Å². The second kappa shape index (κ2) is 3.29. The van der Waals surface area contributed by atoms with Gasteiger partial charge >= 0.3 is 5.97 Å². The molecule has 0 N–H and O–H groups in total. The topological polar surface area (TPSA) is 26.3 Å². The van der Waals surface area contributed by atoms with E-state index < -0.39 is 17.8 Å². The smallest absolute Gasteiger partial charge is 0.337 e. The van der Waals surface area contributed by atoms with Crippen LogP contribution in [0.5, 0.6) is 0 Å². The minimum atomic E-state index is -2.56. The number of halogens is 2. The van der Waals surface area contributed by atoms with Gasteiger partial charge in [0, 0.05) is 6.42 Å². The maximum absolute atomic E-state index is 12.7. The van der Waals surface area contributed by atoms with E-state index in [4.69, 9.17) is 0 Å². The van der Waals surface area contributed by atoms with Crippen LogP contribution in [0, 0.1) is 0 Å². The van der Waals surface area contributed by atoms with E-state index >= 15 is 0 Å². The number of esters is 1. The Bertz CT molecular complexity index is 384. The van der Waals surface area contributed by atoms with Gasteiger partial charge in [0.15, 0.2) is 0 Å². The van der Waals surface area contributed by atoms with Crippen LogP contribution in [-0.4, -0.2) is 19.0 Å². The molecule has 2 nitrogen and oxygen atoms in total. The summed E-state index contributed by atoms with van der Waals surface area (Å²) in [5, 5.41) is 0. The molecule has 0 radical (unpaired) electrons. The molecule has 1 aromatic rings. The third-order valence-corrected chi connectivity index (χ3v) is 2.56. The maximum Gasteiger partial charge on any atom is 0.337 e. The molecule has 15 heavy (non-hydrogen) atoms. The van der Waals surface area contributed by atoms with Crippen molar-refractivity contribution in [3.8, 4) is 0 Å². The fraction of sp³-hybridized carbons (Fsp3) is 0.364. The zero-order chi connectivity index (χ0) is 11.1. The summed E-state index contributed by atoms with van der Waals surface area (Å²) in [6.07, 6.45) is -0.0927. The molecule has 0 bridgehead atoms. The van der Waals surface area contributed by atoms with E-state index in [1.54, 1.807) is 12.1 Å². The first kappa shape index (κ1) is 10.1. The molecule has 0 amide bonds. The molecule has 4 heteroatoms. The number of hydrogen-bond donors (Lipinski definition) is 0. The number of benzene rings is 1. The first-order valence-corrected chi connectivity index (χ1v) is 4.60. The van der Waals surface area contributed by atoms with Crippen LogP contribution < -0.4 is 0 Å². The highest BCUT2D eigenvalue weighted by Crippen LogP contribution is 2.55. The first-order chi connectivity index (χ1) is 7.04. The molecule has 1 aliphatic rings. The standard InChI is InChI=1S/C11H10F2O2/c1-15-10(14)8-4-2-7(3-5-8)9-6-11(9,12)13/h2-5,9H,6H2,1H3. The molecule has 0 spiro atoms. The Morgan fingerprint density at radius 2 is 1.93 bits per heavy atom. The van der Waals surface area contributed by atoms with Crippen molar-refractivity contribution in [1.82, 2.24) is 0 Å². The summed E-state index contributed by atoms with van der Waals surface area (Å²) in [6, 6.07) is 6.13. The van der Waals surface area contributed by atoms with Gasteiger partial charge in [0.1, 0.15) is 0 Å². The highest BCUT2D eigenvalue weighted by atomic mass is 19.3. The molecule has 1 fully saturated rings. The van der Waals surface area contributed by atoms with Crippen LogP contribution in [0.2, 0.25) is 0 Å². The van der Waals surface area contributed by atoms with Crippen LogP contribution in [0.3, 0.4) is 0 Å². The van der Waals surface area contributed by atoms with E-state index in [1.807, 2.05) is 0 Å². The Balaban J connectivity index is 2.15. The molecule has 0 saturated heterocycles. The van der Waals surface area contributed by atoms with Crippen LogP contribution in [-0.2, 0) is 4.74 Å². The summed E-state index contributed by atoms with van der Waals surface area (Å²) >= 11 is 0. The van der Waals surface area contributed by atoms with Crippen molar-refractivity contribution in [2.24, 2.45) is 0 Å². The average molecular weight is 212 g/mol. The van der Waals surface area contributed by atoms with Gasteiger partial charge in [-0.15, -0.1) is 0 Å². The number of carbonyl (C=O) groups excluding carboxylic acids is 1. The average Bonchev–Trinajstić information content (AvgIpc) is 2.87. The van der Waals surface area contributed by atoms with Gasteiger partial charge in [-0.25, -0.2) is 13.6 Å². The minimum Gasteiger partial charge on any atom is -0.465 e. The molecule has 0 aliphatic heterocycles. The highest BCUT2D eigenvalue weighted by Gasteiger charge is 2.57. The van der Waals surface area contributed by atoms with Gasteiger partial charge in [0.2, 0.25) is 0 Å². The molecule has 1 atom stereocenters. The van der Waals surface area contributed by atoms with Crippen molar-refractivity contribution in [3.05, 3.63) is 35.4 Å². The van der Waals surface area contributed by atoms with Crippen LogP contribution >= 0.6 is 0 Å². The summed E-state index contributed by atoms with van der Waals surface area (Å²) in [7, 11) is 1.28. The maximum atomic E-state index is 12.7. The molecule has 1 aromatic carbocycles. The fourth-order valence-corrected chi connectivity index (χ4v) is 1.54. The molecule has 1 unspecified atom stereocenters. The molecule has 0 aromatic heterocycles. The van der Waals surface area contributed by atoms with Crippen LogP contribution in [0.25, 0.3) is 0 Å². The predicted molar refractivity (Wildman–Crippen MR) is 50.1 cm³/mol. The Kier molecular flexibility index (Phi) is 2.21. The summed E-state index contributed by atoms with van der Waals surface area (Å²) in [5.74, 6) is -3.69. The number of methoxy groups -OCH3 is 1. The van der Waals surface area contributed by atoms with Gasteiger partial charge in [-0.3, -0.25) is 0 Å². The number of rotatable bonds is 2. The molecule has 0 heterocycles. The van der Waals surface area contributed by atoms with Crippen molar-refractivity contribution in [3.63, 3.8) is 0 Å². The number of ether oxygens (including phenoxy) is 1. The molecular formula is C11H10F2O2. The molecular weight excluding hydrogens is 202 g/mol.